The summed E-state index contributed by atoms with van der Waals surface area (Å²) >= 11 is 0. The van der Waals surface area contributed by atoms with Crippen molar-refractivity contribution in [3.8, 4) is 17.2 Å². The first-order valence-corrected chi connectivity index (χ1v) is 9.29. The molecule has 1 saturated heterocycles. The van der Waals surface area contributed by atoms with Gasteiger partial charge in [-0.1, -0.05) is 0 Å². The highest BCUT2D eigenvalue weighted by Crippen LogP contribution is 2.27. The first kappa shape index (κ1) is 20.5. The van der Waals surface area contributed by atoms with E-state index in [0.29, 0.717) is 30.4 Å². The molecule has 1 aliphatic rings. The number of rotatable bonds is 8. The molecule has 8 heteroatoms. The molecule has 2 aromatic rings. The van der Waals surface area contributed by atoms with Crippen LogP contribution in [0.2, 0.25) is 0 Å². The van der Waals surface area contributed by atoms with Gasteiger partial charge in [0.05, 0.1) is 46.7 Å². The van der Waals surface area contributed by atoms with Crippen LogP contribution in [0.15, 0.2) is 47.6 Å². The SMILES string of the molecule is COc1ccc(NC(=O)COc2ccc(C=NN3CCOCC3)cc2OC)cc1. The van der Waals surface area contributed by atoms with Gasteiger partial charge < -0.3 is 24.3 Å². The Labute approximate surface area is 170 Å². The van der Waals surface area contributed by atoms with Gasteiger partial charge in [-0.2, -0.15) is 5.10 Å². The van der Waals surface area contributed by atoms with Crippen LogP contribution in [-0.2, 0) is 9.53 Å². The zero-order chi connectivity index (χ0) is 20.5. The van der Waals surface area contributed by atoms with E-state index in [4.69, 9.17) is 18.9 Å². The summed E-state index contributed by atoms with van der Waals surface area (Å²) in [6.45, 7) is 2.79. The molecule has 1 heterocycles. The van der Waals surface area contributed by atoms with Gasteiger partial charge in [0.2, 0.25) is 0 Å². The van der Waals surface area contributed by atoms with Gasteiger partial charge in [-0.25, -0.2) is 0 Å². The molecular weight excluding hydrogens is 374 g/mol. The van der Waals surface area contributed by atoms with Crippen LogP contribution in [0.4, 0.5) is 5.69 Å². The van der Waals surface area contributed by atoms with E-state index in [1.165, 1.54) is 0 Å². The topological polar surface area (TPSA) is 81.6 Å². The van der Waals surface area contributed by atoms with Gasteiger partial charge in [0.15, 0.2) is 18.1 Å². The summed E-state index contributed by atoms with van der Waals surface area (Å²) < 4.78 is 21.4. The maximum atomic E-state index is 12.1. The van der Waals surface area contributed by atoms with E-state index in [1.807, 2.05) is 17.1 Å². The number of carbonyl (C=O) groups is 1. The third-order valence-electron chi connectivity index (χ3n) is 4.28. The minimum absolute atomic E-state index is 0.135. The zero-order valence-electron chi connectivity index (χ0n) is 16.6. The molecule has 1 amide bonds. The lowest BCUT2D eigenvalue weighted by Gasteiger charge is -2.23. The largest absolute Gasteiger partial charge is 0.497 e. The molecule has 8 nitrogen and oxygen atoms in total. The number of morpholine rings is 1. The molecule has 0 aromatic heterocycles. The molecule has 1 fully saturated rings. The maximum Gasteiger partial charge on any atom is 0.262 e. The maximum absolute atomic E-state index is 12.1. The fraction of sp³-hybridized carbons (Fsp3) is 0.333. The van der Waals surface area contributed by atoms with Crippen LogP contribution in [0.25, 0.3) is 0 Å². The molecule has 29 heavy (non-hydrogen) atoms. The Bertz CT molecular complexity index is 833. The second kappa shape index (κ2) is 10.3. The van der Waals surface area contributed by atoms with Crippen LogP contribution >= 0.6 is 0 Å². The van der Waals surface area contributed by atoms with E-state index in [2.05, 4.69) is 10.4 Å². The Balaban J connectivity index is 1.55. The Kier molecular flexibility index (Phi) is 7.29. The molecule has 0 unspecified atom stereocenters. The molecule has 0 spiro atoms. The van der Waals surface area contributed by atoms with E-state index in [9.17, 15) is 4.79 Å². The Morgan fingerprint density at radius 2 is 1.86 bits per heavy atom. The van der Waals surface area contributed by atoms with Crippen molar-refractivity contribution in [1.29, 1.82) is 0 Å². The predicted molar refractivity (Wildman–Crippen MR) is 110 cm³/mol. The van der Waals surface area contributed by atoms with Gasteiger partial charge in [0, 0.05) is 5.69 Å². The number of nitrogens with one attached hydrogen (secondary N) is 1. The van der Waals surface area contributed by atoms with Crippen LogP contribution in [0.3, 0.4) is 0 Å². The number of hydrogen-bond donors (Lipinski definition) is 1. The average Bonchev–Trinajstić information content (AvgIpc) is 2.77. The summed E-state index contributed by atoms with van der Waals surface area (Å²) in [5.74, 6) is 1.48. The molecule has 1 N–H and O–H groups in total. The third kappa shape index (κ3) is 6.11. The van der Waals surface area contributed by atoms with E-state index in [1.54, 1.807) is 50.8 Å². The number of benzene rings is 2. The predicted octanol–water partition coefficient (Wildman–Crippen LogP) is 2.39. The van der Waals surface area contributed by atoms with Crippen molar-refractivity contribution in [2.24, 2.45) is 5.10 Å². The fourth-order valence-electron chi connectivity index (χ4n) is 2.72. The van der Waals surface area contributed by atoms with E-state index in [0.717, 1.165) is 24.4 Å². The van der Waals surface area contributed by atoms with E-state index < -0.39 is 0 Å². The quantitative estimate of drug-likeness (QED) is 0.687. The Morgan fingerprint density at radius 1 is 1.10 bits per heavy atom. The number of amides is 1. The average molecular weight is 399 g/mol. The highest BCUT2D eigenvalue weighted by atomic mass is 16.5. The number of carbonyl (C=O) groups excluding carboxylic acids is 1. The monoisotopic (exact) mass is 399 g/mol. The van der Waals surface area contributed by atoms with Gasteiger partial charge in [-0.05, 0) is 48.0 Å². The first-order chi connectivity index (χ1) is 14.2. The number of hydrazone groups is 1. The van der Waals surface area contributed by atoms with Gasteiger partial charge >= 0.3 is 0 Å². The second-order valence-corrected chi connectivity index (χ2v) is 6.29. The van der Waals surface area contributed by atoms with Gasteiger partial charge in [-0.15, -0.1) is 0 Å². The van der Waals surface area contributed by atoms with Crippen LogP contribution in [0.5, 0.6) is 17.2 Å². The highest BCUT2D eigenvalue weighted by Gasteiger charge is 2.10. The second-order valence-electron chi connectivity index (χ2n) is 6.29. The van der Waals surface area contributed by atoms with Crippen LogP contribution < -0.4 is 19.5 Å². The van der Waals surface area contributed by atoms with Crippen LogP contribution in [-0.4, -0.2) is 64.3 Å². The molecule has 0 saturated carbocycles. The lowest BCUT2D eigenvalue weighted by atomic mass is 10.2. The number of anilines is 1. The van der Waals surface area contributed by atoms with Gasteiger partial charge in [0.1, 0.15) is 5.75 Å². The Hall–Kier alpha value is -3.26. The molecular formula is C21H25N3O5. The normalized spacial score (nSPS) is 13.9. The van der Waals surface area contributed by atoms with Gasteiger partial charge in [-0.3, -0.25) is 9.80 Å². The lowest BCUT2D eigenvalue weighted by Crippen LogP contribution is -2.32. The molecule has 0 atom stereocenters. The number of methoxy groups -OCH3 is 2. The zero-order valence-corrected chi connectivity index (χ0v) is 16.6. The summed E-state index contributed by atoms with van der Waals surface area (Å²) in [5, 5.41) is 9.18. The first-order valence-electron chi connectivity index (χ1n) is 9.29. The molecule has 2 aromatic carbocycles. The fourth-order valence-corrected chi connectivity index (χ4v) is 2.72. The van der Waals surface area contributed by atoms with Crippen molar-refractivity contribution in [2.75, 3.05) is 52.4 Å². The summed E-state index contributed by atoms with van der Waals surface area (Å²) in [6.07, 6.45) is 1.77. The standard InChI is InChI=1S/C21H25N3O5/c1-26-18-6-4-17(5-7-18)23-21(25)15-29-19-8-3-16(13-20(19)27-2)14-22-24-9-11-28-12-10-24/h3-8,13-14H,9-12,15H2,1-2H3,(H,23,25). The summed E-state index contributed by atoms with van der Waals surface area (Å²) in [7, 11) is 3.15. The highest BCUT2D eigenvalue weighted by molar-refractivity contribution is 5.92. The molecule has 154 valence electrons. The number of ether oxygens (including phenoxy) is 4. The van der Waals surface area contributed by atoms with Gasteiger partial charge in [0.25, 0.3) is 5.91 Å². The molecule has 3 rings (SSSR count). The minimum atomic E-state index is -0.268. The van der Waals surface area contributed by atoms with E-state index in [-0.39, 0.29) is 12.5 Å². The molecule has 0 bridgehead atoms. The van der Waals surface area contributed by atoms with Crippen molar-refractivity contribution in [1.82, 2.24) is 5.01 Å². The number of hydrogen-bond acceptors (Lipinski definition) is 7. The minimum Gasteiger partial charge on any atom is -0.497 e. The lowest BCUT2D eigenvalue weighted by molar-refractivity contribution is -0.118. The summed E-state index contributed by atoms with van der Waals surface area (Å²) in [4.78, 5) is 12.1. The van der Waals surface area contributed by atoms with Crippen molar-refractivity contribution in [3.63, 3.8) is 0 Å². The van der Waals surface area contributed by atoms with Crippen molar-refractivity contribution in [2.45, 2.75) is 0 Å². The van der Waals surface area contributed by atoms with Crippen LogP contribution in [0.1, 0.15) is 5.56 Å². The molecule has 0 aliphatic carbocycles. The van der Waals surface area contributed by atoms with Crippen LogP contribution in [0, 0.1) is 0 Å². The van der Waals surface area contributed by atoms with E-state index >= 15 is 0 Å². The van der Waals surface area contributed by atoms with Crippen molar-refractivity contribution >= 4 is 17.8 Å². The number of nitrogens with zero attached hydrogens (tertiary/aromatic N) is 2. The van der Waals surface area contributed by atoms with Crippen molar-refractivity contribution < 1.29 is 23.7 Å². The summed E-state index contributed by atoms with van der Waals surface area (Å²) in [6, 6.07) is 12.5. The molecule has 0 radical (unpaired) electrons. The third-order valence-corrected chi connectivity index (χ3v) is 4.28. The summed E-state index contributed by atoms with van der Waals surface area (Å²) in [5.41, 5.74) is 1.55. The molecule has 1 aliphatic heterocycles. The Morgan fingerprint density at radius 3 is 2.55 bits per heavy atom. The smallest absolute Gasteiger partial charge is 0.262 e. The van der Waals surface area contributed by atoms with Crippen molar-refractivity contribution in [3.05, 3.63) is 48.0 Å².